The average Bonchev–Trinajstić information content (AvgIpc) is 2.42. The number of aromatic nitrogens is 3. The van der Waals surface area contributed by atoms with Gasteiger partial charge < -0.3 is 14.2 Å². The molecule has 1 unspecified atom stereocenters. The minimum Gasteiger partial charge on any atom is -0.463 e. The van der Waals surface area contributed by atoms with Crippen molar-refractivity contribution in [3.8, 4) is 12.0 Å². The number of nitrogens with one attached hydrogen (secondary N) is 1. The summed E-state index contributed by atoms with van der Waals surface area (Å²) in [6.07, 6.45) is 0.681. The maximum atomic E-state index is 5.52. The SMILES string of the molecule is CCCOc1nc(NN)nc(OC(C)COCC)n1. The van der Waals surface area contributed by atoms with E-state index in [1.807, 2.05) is 20.8 Å². The van der Waals surface area contributed by atoms with E-state index in [1.165, 1.54) is 0 Å². The fourth-order valence-corrected chi connectivity index (χ4v) is 1.21. The lowest BCUT2D eigenvalue weighted by Gasteiger charge is -2.13. The van der Waals surface area contributed by atoms with Gasteiger partial charge in [-0.05, 0) is 20.3 Å². The molecule has 1 rings (SSSR count). The van der Waals surface area contributed by atoms with Crippen LogP contribution in [0.1, 0.15) is 27.2 Å². The number of nitrogen functional groups attached to an aromatic ring is 1. The van der Waals surface area contributed by atoms with Gasteiger partial charge >= 0.3 is 12.0 Å². The van der Waals surface area contributed by atoms with Crippen molar-refractivity contribution in [2.24, 2.45) is 5.84 Å². The van der Waals surface area contributed by atoms with Crippen molar-refractivity contribution < 1.29 is 14.2 Å². The molecule has 8 nitrogen and oxygen atoms in total. The molecule has 0 radical (unpaired) electrons. The second-order valence-electron chi connectivity index (χ2n) is 3.80. The van der Waals surface area contributed by atoms with E-state index < -0.39 is 0 Å². The number of rotatable bonds is 9. The van der Waals surface area contributed by atoms with Gasteiger partial charge in [0.2, 0.25) is 5.95 Å². The van der Waals surface area contributed by atoms with Crippen LogP contribution < -0.4 is 20.7 Å². The largest absolute Gasteiger partial charge is 0.463 e. The molecule has 3 N–H and O–H groups in total. The first-order valence-electron chi connectivity index (χ1n) is 6.29. The van der Waals surface area contributed by atoms with E-state index in [-0.39, 0.29) is 24.1 Å². The maximum absolute atomic E-state index is 5.52. The number of nitrogens with zero attached hydrogens (tertiary/aromatic N) is 3. The standard InChI is InChI=1S/C11H21N5O3/c1-4-6-18-10-13-9(16-12)14-11(15-10)19-8(3)7-17-5-2/h8H,4-7,12H2,1-3H3,(H,13,14,15,16). The Hall–Kier alpha value is -1.67. The molecule has 0 amide bonds. The highest BCUT2D eigenvalue weighted by Crippen LogP contribution is 2.13. The molecule has 1 heterocycles. The lowest BCUT2D eigenvalue weighted by atomic mass is 10.4. The number of nitrogens with two attached hydrogens (primary N) is 1. The second kappa shape index (κ2) is 8.44. The first-order valence-corrected chi connectivity index (χ1v) is 6.29. The molecule has 19 heavy (non-hydrogen) atoms. The Kier molecular flexibility index (Phi) is 6.83. The van der Waals surface area contributed by atoms with Crippen molar-refractivity contribution in [2.75, 3.05) is 25.2 Å². The molecule has 0 saturated carbocycles. The van der Waals surface area contributed by atoms with Gasteiger partial charge in [0.25, 0.3) is 0 Å². The molecule has 0 spiro atoms. The Morgan fingerprint density at radius 3 is 2.58 bits per heavy atom. The Balaban J connectivity index is 2.69. The van der Waals surface area contributed by atoms with Crippen LogP contribution in [0.3, 0.4) is 0 Å². The van der Waals surface area contributed by atoms with E-state index in [0.29, 0.717) is 19.8 Å². The van der Waals surface area contributed by atoms with Crippen LogP contribution in [-0.2, 0) is 4.74 Å². The highest BCUT2D eigenvalue weighted by Gasteiger charge is 2.11. The summed E-state index contributed by atoms with van der Waals surface area (Å²) in [5.74, 6) is 5.48. The number of anilines is 1. The molecular weight excluding hydrogens is 250 g/mol. The molecule has 0 bridgehead atoms. The van der Waals surface area contributed by atoms with Crippen LogP contribution in [-0.4, -0.2) is 40.9 Å². The van der Waals surface area contributed by atoms with Crippen LogP contribution in [0.4, 0.5) is 5.95 Å². The molecule has 0 fully saturated rings. The van der Waals surface area contributed by atoms with Gasteiger partial charge in [0.15, 0.2) is 0 Å². The first kappa shape index (κ1) is 15.4. The molecule has 108 valence electrons. The van der Waals surface area contributed by atoms with Crippen LogP contribution in [0, 0.1) is 0 Å². The molecule has 1 aromatic rings. The third-order valence-electron chi connectivity index (χ3n) is 2.02. The lowest BCUT2D eigenvalue weighted by molar-refractivity contribution is 0.0601. The van der Waals surface area contributed by atoms with Crippen LogP contribution in [0.5, 0.6) is 12.0 Å². The van der Waals surface area contributed by atoms with Crippen molar-refractivity contribution in [3.63, 3.8) is 0 Å². The predicted octanol–water partition coefficient (Wildman–Crippen LogP) is 0.750. The molecule has 0 aliphatic heterocycles. The van der Waals surface area contributed by atoms with E-state index in [1.54, 1.807) is 0 Å². The summed E-state index contributed by atoms with van der Waals surface area (Å²) < 4.78 is 16.1. The summed E-state index contributed by atoms with van der Waals surface area (Å²) in [5, 5.41) is 0. The van der Waals surface area contributed by atoms with Gasteiger partial charge in [-0.3, -0.25) is 5.43 Å². The van der Waals surface area contributed by atoms with E-state index in [4.69, 9.17) is 20.1 Å². The summed E-state index contributed by atoms with van der Waals surface area (Å²) in [6, 6.07) is 0.338. The van der Waals surface area contributed by atoms with Crippen LogP contribution >= 0.6 is 0 Å². The zero-order chi connectivity index (χ0) is 14.1. The minimum atomic E-state index is -0.174. The number of ether oxygens (including phenoxy) is 3. The molecule has 1 aromatic heterocycles. The van der Waals surface area contributed by atoms with Gasteiger partial charge in [-0.25, -0.2) is 5.84 Å². The van der Waals surface area contributed by atoms with E-state index in [9.17, 15) is 0 Å². The molecule has 0 aromatic carbocycles. The Morgan fingerprint density at radius 1 is 1.21 bits per heavy atom. The minimum absolute atomic E-state index is 0.154. The Morgan fingerprint density at radius 2 is 1.95 bits per heavy atom. The smallest absolute Gasteiger partial charge is 0.324 e. The van der Waals surface area contributed by atoms with Gasteiger partial charge in [-0.15, -0.1) is 4.98 Å². The number of hydrogen-bond acceptors (Lipinski definition) is 8. The van der Waals surface area contributed by atoms with Gasteiger partial charge in [-0.1, -0.05) is 6.92 Å². The van der Waals surface area contributed by atoms with Crippen LogP contribution in [0.15, 0.2) is 0 Å². The van der Waals surface area contributed by atoms with Gasteiger partial charge in [-0.2, -0.15) is 9.97 Å². The highest BCUT2D eigenvalue weighted by molar-refractivity contribution is 5.25. The van der Waals surface area contributed by atoms with Gasteiger partial charge in [0, 0.05) is 6.61 Å². The second-order valence-corrected chi connectivity index (χ2v) is 3.80. The quantitative estimate of drug-likeness (QED) is 0.501. The van der Waals surface area contributed by atoms with E-state index in [2.05, 4.69) is 20.4 Å². The van der Waals surface area contributed by atoms with Crippen LogP contribution in [0.25, 0.3) is 0 Å². The fourth-order valence-electron chi connectivity index (χ4n) is 1.21. The zero-order valence-corrected chi connectivity index (χ0v) is 11.5. The van der Waals surface area contributed by atoms with Gasteiger partial charge in [0.05, 0.1) is 13.2 Å². The molecule has 8 heteroatoms. The summed E-state index contributed by atoms with van der Waals surface area (Å²) in [5.41, 5.74) is 2.35. The summed E-state index contributed by atoms with van der Waals surface area (Å²) in [7, 11) is 0. The van der Waals surface area contributed by atoms with E-state index in [0.717, 1.165) is 6.42 Å². The summed E-state index contributed by atoms with van der Waals surface area (Å²) in [6.45, 7) is 7.38. The summed E-state index contributed by atoms with van der Waals surface area (Å²) >= 11 is 0. The zero-order valence-electron chi connectivity index (χ0n) is 11.5. The number of hydrazine groups is 1. The predicted molar refractivity (Wildman–Crippen MR) is 70.0 cm³/mol. The fraction of sp³-hybridized carbons (Fsp3) is 0.727. The first-order chi connectivity index (χ1) is 9.19. The van der Waals surface area contributed by atoms with Crippen molar-refractivity contribution in [1.82, 2.24) is 15.0 Å². The third-order valence-corrected chi connectivity index (χ3v) is 2.02. The molecule has 1 atom stereocenters. The highest BCUT2D eigenvalue weighted by atomic mass is 16.5. The summed E-state index contributed by atoms with van der Waals surface area (Å²) in [4.78, 5) is 12.0. The Labute approximate surface area is 112 Å². The van der Waals surface area contributed by atoms with E-state index >= 15 is 0 Å². The normalized spacial score (nSPS) is 12.0. The monoisotopic (exact) mass is 271 g/mol. The molecular formula is C11H21N5O3. The van der Waals surface area contributed by atoms with Crippen LogP contribution in [0.2, 0.25) is 0 Å². The number of hydrogen-bond donors (Lipinski definition) is 2. The lowest BCUT2D eigenvalue weighted by Crippen LogP contribution is -2.21. The Bertz CT molecular complexity index is 377. The van der Waals surface area contributed by atoms with Gasteiger partial charge in [0.1, 0.15) is 6.10 Å². The maximum Gasteiger partial charge on any atom is 0.324 e. The van der Waals surface area contributed by atoms with Crippen molar-refractivity contribution >= 4 is 5.95 Å². The average molecular weight is 271 g/mol. The molecule has 0 aliphatic rings. The molecule has 0 saturated heterocycles. The molecule has 0 aliphatic carbocycles. The topological polar surface area (TPSA) is 104 Å². The third kappa shape index (κ3) is 5.66. The van der Waals surface area contributed by atoms with Crippen molar-refractivity contribution in [1.29, 1.82) is 0 Å². The van der Waals surface area contributed by atoms with Crippen molar-refractivity contribution in [2.45, 2.75) is 33.3 Å². The van der Waals surface area contributed by atoms with Crippen molar-refractivity contribution in [3.05, 3.63) is 0 Å².